The summed E-state index contributed by atoms with van der Waals surface area (Å²) < 4.78 is 0. The fraction of sp³-hybridized carbons (Fsp3) is 0.526. The normalized spacial score (nSPS) is 24.2. The van der Waals surface area contributed by atoms with Gasteiger partial charge < -0.3 is 9.80 Å². The van der Waals surface area contributed by atoms with E-state index in [0.29, 0.717) is 23.5 Å². The van der Waals surface area contributed by atoms with E-state index in [0.717, 1.165) is 31.6 Å². The third kappa shape index (κ3) is 2.95. The largest absolute Gasteiger partial charge is 0.333 e. The van der Waals surface area contributed by atoms with Gasteiger partial charge in [0.2, 0.25) is 0 Å². The van der Waals surface area contributed by atoms with Gasteiger partial charge in [-0.2, -0.15) is 9.90 Å². The topological polar surface area (TPSA) is 54.3 Å². The van der Waals surface area contributed by atoms with E-state index in [-0.39, 0.29) is 5.91 Å². The number of benzene rings is 1. The number of likely N-dealkylation sites (tertiary alicyclic amines) is 2. The molecule has 0 N–H and O–H groups in total. The molecule has 0 aliphatic carbocycles. The summed E-state index contributed by atoms with van der Waals surface area (Å²) in [6.07, 6.45) is 4.57. The Bertz CT molecular complexity index is 756. The minimum absolute atomic E-state index is 0.0301. The summed E-state index contributed by atoms with van der Waals surface area (Å²) in [5, 5.41) is 8.96. The molecule has 4 rings (SSSR count). The number of aromatic nitrogens is 3. The van der Waals surface area contributed by atoms with Crippen molar-refractivity contribution in [2.45, 2.75) is 44.7 Å². The maximum atomic E-state index is 13.2. The second-order valence-electron chi connectivity index (χ2n) is 7.16. The average molecular weight is 339 g/mol. The molecule has 0 radical (unpaired) electrons. The molecule has 0 bridgehead atoms. The van der Waals surface area contributed by atoms with E-state index in [4.69, 9.17) is 0 Å². The van der Waals surface area contributed by atoms with Crippen LogP contribution >= 0.6 is 0 Å². The Morgan fingerprint density at radius 3 is 2.48 bits per heavy atom. The van der Waals surface area contributed by atoms with Crippen LogP contribution in [0.15, 0.2) is 30.3 Å². The van der Waals surface area contributed by atoms with Crippen molar-refractivity contribution in [3.8, 4) is 5.69 Å². The fourth-order valence-corrected chi connectivity index (χ4v) is 4.26. The fourth-order valence-electron chi connectivity index (χ4n) is 4.26. The molecule has 6 nitrogen and oxygen atoms in total. The number of nitrogens with zero attached hydrogens (tertiary/aromatic N) is 5. The number of carbonyl (C=O) groups excluding carboxylic acids is 1. The molecule has 3 heterocycles. The van der Waals surface area contributed by atoms with Gasteiger partial charge in [-0.25, -0.2) is 0 Å². The predicted molar refractivity (Wildman–Crippen MR) is 95.8 cm³/mol. The SMILES string of the molecule is Cc1nn(-c2ccccc2)nc1C(=O)N1CCC[C@@H]1[C@H]1CCCN1C. The summed E-state index contributed by atoms with van der Waals surface area (Å²) in [4.78, 5) is 19.2. The van der Waals surface area contributed by atoms with Crippen molar-refractivity contribution in [3.63, 3.8) is 0 Å². The van der Waals surface area contributed by atoms with Crippen LogP contribution in [0.2, 0.25) is 0 Å². The molecule has 2 aliphatic heterocycles. The summed E-state index contributed by atoms with van der Waals surface area (Å²) >= 11 is 0. The number of para-hydroxylation sites is 1. The predicted octanol–water partition coefficient (Wildman–Crippen LogP) is 2.27. The van der Waals surface area contributed by atoms with Crippen molar-refractivity contribution in [2.75, 3.05) is 20.1 Å². The van der Waals surface area contributed by atoms with Gasteiger partial charge in [-0.15, -0.1) is 5.10 Å². The zero-order valence-electron chi connectivity index (χ0n) is 14.9. The van der Waals surface area contributed by atoms with Gasteiger partial charge in [-0.1, -0.05) is 18.2 Å². The van der Waals surface area contributed by atoms with Crippen molar-refractivity contribution >= 4 is 5.91 Å². The molecule has 25 heavy (non-hydrogen) atoms. The highest BCUT2D eigenvalue weighted by Crippen LogP contribution is 2.30. The zero-order valence-corrected chi connectivity index (χ0v) is 14.9. The minimum atomic E-state index is 0.0301. The number of hydrogen-bond acceptors (Lipinski definition) is 4. The molecule has 1 amide bonds. The van der Waals surface area contributed by atoms with Crippen LogP contribution in [-0.2, 0) is 0 Å². The van der Waals surface area contributed by atoms with Crippen molar-refractivity contribution in [1.29, 1.82) is 0 Å². The van der Waals surface area contributed by atoms with E-state index in [2.05, 4.69) is 22.1 Å². The van der Waals surface area contributed by atoms with Gasteiger partial charge >= 0.3 is 0 Å². The number of carbonyl (C=O) groups is 1. The van der Waals surface area contributed by atoms with E-state index in [1.807, 2.05) is 42.2 Å². The second-order valence-corrected chi connectivity index (χ2v) is 7.16. The second kappa shape index (κ2) is 6.59. The lowest BCUT2D eigenvalue weighted by molar-refractivity contribution is 0.0657. The molecule has 2 atom stereocenters. The molecule has 1 aromatic carbocycles. The van der Waals surface area contributed by atoms with Gasteiger partial charge in [0.1, 0.15) is 0 Å². The van der Waals surface area contributed by atoms with Crippen LogP contribution < -0.4 is 0 Å². The van der Waals surface area contributed by atoms with Crippen LogP contribution in [0, 0.1) is 6.92 Å². The molecule has 2 aliphatic rings. The highest BCUT2D eigenvalue weighted by atomic mass is 16.2. The Balaban J connectivity index is 1.59. The van der Waals surface area contributed by atoms with Crippen LogP contribution in [0.4, 0.5) is 0 Å². The highest BCUT2D eigenvalue weighted by Gasteiger charge is 2.39. The van der Waals surface area contributed by atoms with Crippen LogP contribution in [-0.4, -0.2) is 62.9 Å². The van der Waals surface area contributed by atoms with E-state index in [1.165, 1.54) is 12.8 Å². The summed E-state index contributed by atoms with van der Waals surface area (Å²) in [5.74, 6) is 0.0301. The maximum absolute atomic E-state index is 13.2. The first kappa shape index (κ1) is 16.3. The monoisotopic (exact) mass is 339 g/mol. The number of likely N-dealkylation sites (N-methyl/N-ethyl adjacent to an activating group) is 1. The summed E-state index contributed by atoms with van der Waals surface area (Å²) in [7, 11) is 2.18. The van der Waals surface area contributed by atoms with Gasteiger partial charge in [0.25, 0.3) is 5.91 Å². The molecule has 132 valence electrons. The van der Waals surface area contributed by atoms with Crippen molar-refractivity contribution in [2.24, 2.45) is 0 Å². The Morgan fingerprint density at radius 1 is 1.04 bits per heavy atom. The molecule has 2 aromatic rings. The first-order chi connectivity index (χ1) is 12.1. The van der Waals surface area contributed by atoms with Gasteiger partial charge in [-0.05, 0) is 58.3 Å². The third-order valence-electron chi connectivity index (χ3n) is 5.55. The number of hydrogen-bond donors (Lipinski definition) is 0. The number of aryl methyl sites for hydroxylation is 1. The van der Waals surface area contributed by atoms with Crippen molar-refractivity contribution < 1.29 is 4.79 Å². The van der Waals surface area contributed by atoms with Crippen LogP contribution in [0.25, 0.3) is 5.69 Å². The first-order valence-corrected chi connectivity index (χ1v) is 9.16. The lowest BCUT2D eigenvalue weighted by Crippen LogP contribution is -2.47. The summed E-state index contributed by atoms with van der Waals surface area (Å²) in [6.45, 7) is 3.82. The molecule has 6 heteroatoms. The highest BCUT2D eigenvalue weighted by molar-refractivity contribution is 5.93. The minimum Gasteiger partial charge on any atom is -0.333 e. The Kier molecular flexibility index (Phi) is 4.29. The van der Waals surface area contributed by atoms with E-state index in [9.17, 15) is 4.79 Å². The quantitative estimate of drug-likeness (QED) is 0.861. The van der Waals surface area contributed by atoms with Crippen LogP contribution in [0.5, 0.6) is 0 Å². The Hall–Kier alpha value is -2.21. The molecule has 0 spiro atoms. The third-order valence-corrected chi connectivity index (χ3v) is 5.55. The van der Waals surface area contributed by atoms with Crippen molar-refractivity contribution in [3.05, 3.63) is 41.7 Å². The lowest BCUT2D eigenvalue weighted by atomic mass is 10.0. The summed E-state index contributed by atoms with van der Waals surface area (Å²) in [5.41, 5.74) is 2.05. The van der Waals surface area contributed by atoms with Gasteiger partial charge in [0, 0.05) is 18.6 Å². The van der Waals surface area contributed by atoms with Gasteiger partial charge in [0.05, 0.1) is 11.4 Å². The van der Waals surface area contributed by atoms with Crippen LogP contribution in [0.3, 0.4) is 0 Å². The maximum Gasteiger partial charge on any atom is 0.276 e. The lowest BCUT2D eigenvalue weighted by Gasteiger charge is -2.32. The molecule has 0 saturated carbocycles. The first-order valence-electron chi connectivity index (χ1n) is 9.16. The summed E-state index contributed by atoms with van der Waals surface area (Å²) in [6, 6.07) is 10.5. The zero-order chi connectivity index (χ0) is 17.4. The van der Waals surface area contributed by atoms with Crippen molar-refractivity contribution in [1.82, 2.24) is 24.8 Å². The van der Waals surface area contributed by atoms with E-state index >= 15 is 0 Å². The molecule has 2 saturated heterocycles. The number of rotatable bonds is 3. The molecule has 1 aromatic heterocycles. The van der Waals surface area contributed by atoms with E-state index in [1.54, 1.807) is 4.80 Å². The molecule has 2 fully saturated rings. The number of amides is 1. The smallest absolute Gasteiger partial charge is 0.276 e. The Morgan fingerprint density at radius 2 is 1.76 bits per heavy atom. The molecule has 0 unspecified atom stereocenters. The average Bonchev–Trinajstić information content (AvgIpc) is 3.34. The van der Waals surface area contributed by atoms with Gasteiger partial charge in [0.15, 0.2) is 5.69 Å². The van der Waals surface area contributed by atoms with Gasteiger partial charge in [-0.3, -0.25) is 4.79 Å². The molecular weight excluding hydrogens is 314 g/mol. The Labute approximate surface area is 148 Å². The van der Waals surface area contributed by atoms with E-state index < -0.39 is 0 Å². The standard InChI is InChI=1S/C19H25N5O/c1-14-18(21-24(20-14)15-8-4-3-5-9-15)19(25)23-13-7-11-17(23)16-10-6-12-22(16)2/h3-5,8-9,16-17H,6-7,10-13H2,1-2H3/t16-,17-/m1/s1. The van der Waals surface area contributed by atoms with Crippen LogP contribution in [0.1, 0.15) is 41.9 Å². The molecular formula is C19H25N5O.